The zero-order valence-electron chi connectivity index (χ0n) is 14.7. The highest BCUT2D eigenvalue weighted by atomic mass is 16.5. The van der Waals surface area contributed by atoms with Gasteiger partial charge < -0.3 is 19.6 Å². The van der Waals surface area contributed by atoms with Gasteiger partial charge in [-0.3, -0.25) is 4.79 Å². The van der Waals surface area contributed by atoms with Crippen LogP contribution >= 0.6 is 0 Å². The fourth-order valence-corrected chi connectivity index (χ4v) is 3.13. The van der Waals surface area contributed by atoms with Crippen LogP contribution in [0.4, 0.5) is 5.69 Å². The molecule has 0 unspecified atom stereocenters. The van der Waals surface area contributed by atoms with E-state index in [1.54, 1.807) is 12.1 Å². The van der Waals surface area contributed by atoms with Crippen molar-refractivity contribution in [2.45, 2.75) is 13.8 Å². The highest BCUT2D eigenvalue weighted by Crippen LogP contribution is 2.23. The number of piperazine rings is 1. The lowest BCUT2D eigenvalue weighted by Crippen LogP contribution is -2.50. The Kier molecular flexibility index (Phi) is 5.12. The average molecular weight is 340 g/mol. The molecule has 132 valence electrons. The molecule has 5 nitrogen and oxygen atoms in total. The number of ether oxygens (including phenoxy) is 1. The Labute approximate surface area is 148 Å². The summed E-state index contributed by atoms with van der Waals surface area (Å²) in [6, 6.07) is 13.1. The molecule has 1 saturated heterocycles. The first-order chi connectivity index (χ1) is 12.0. The summed E-state index contributed by atoms with van der Waals surface area (Å²) in [5.74, 6) is 1.09. The minimum absolute atomic E-state index is 0.0213. The molecule has 0 radical (unpaired) electrons. The number of rotatable bonds is 4. The molecule has 5 heteroatoms. The highest BCUT2D eigenvalue weighted by Gasteiger charge is 2.22. The second-order valence-corrected chi connectivity index (χ2v) is 6.39. The highest BCUT2D eigenvalue weighted by molar-refractivity contribution is 5.78. The van der Waals surface area contributed by atoms with E-state index in [9.17, 15) is 9.90 Å². The van der Waals surface area contributed by atoms with Crippen LogP contribution in [0.1, 0.15) is 11.1 Å². The van der Waals surface area contributed by atoms with Gasteiger partial charge in [-0.1, -0.05) is 18.2 Å². The first-order valence-corrected chi connectivity index (χ1v) is 8.55. The molecule has 1 aliphatic rings. The number of aromatic hydroxyl groups is 1. The van der Waals surface area contributed by atoms with E-state index in [0.29, 0.717) is 13.1 Å². The van der Waals surface area contributed by atoms with Crippen LogP contribution in [0.2, 0.25) is 0 Å². The lowest BCUT2D eigenvalue weighted by atomic mass is 10.1. The maximum Gasteiger partial charge on any atom is 0.260 e. The summed E-state index contributed by atoms with van der Waals surface area (Å²) in [7, 11) is 0. The number of phenols is 1. The molecule has 25 heavy (non-hydrogen) atoms. The lowest BCUT2D eigenvalue weighted by molar-refractivity contribution is -0.133. The molecule has 0 aliphatic carbocycles. The van der Waals surface area contributed by atoms with Crippen LogP contribution in [-0.2, 0) is 4.79 Å². The summed E-state index contributed by atoms with van der Waals surface area (Å²) in [4.78, 5) is 16.5. The molecule has 2 aromatic carbocycles. The van der Waals surface area contributed by atoms with Crippen molar-refractivity contribution in [3.8, 4) is 11.5 Å². The van der Waals surface area contributed by atoms with Crippen molar-refractivity contribution in [3.05, 3.63) is 53.6 Å². The van der Waals surface area contributed by atoms with Crippen molar-refractivity contribution < 1.29 is 14.6 Å². The minimum Gasteiger partial charge on any atom is -0.508 e. The molecule has 0 atom stereocenters. The van der Waals surface area contributed by atoms with Crippen molar-refractivity contribution in [1.29, 1.82) is 0 Å². The number of phenolic OH excluding ortho intramolecular Hbond substituents is 1. The summed E-state index contributed by atoms with van der Waals surface area (Å²) < 4.78 is 5.77. The van der Waals surface area contributed by atoms with E-state index in [1.165, 1.54) is 0 Å². The second-order valence-electron chi connectivity index (χ2n) is 6.39. The molecule has 1 heterocycles. The summed E-state index contributed by atoms with van der Waals surface area (Å²) in [5.41, 5.74) is 3.16. The van der Waals surface area contributed by atoms with Gasteiger partial charge in [-0.2, -0.15) is 0 Å². The number of hydrogen-bond acceptors (Lipinski definition) is 4. The predicted molar refractivity (Wildman–Crippen MR) is 98.3 cm³/mol. The van der Waals surface area contributed by atoms with Gasteiger partial charge in [-0.25, -0.2) is 0 Å². The first-order valence-electron chi connectivity index (χ1n) is 8.55. The van der Waals surface area contributed by atoms with E-state index in [4.69, 9.17) is 4.74 Å². The van der Waals surface area contributed by atoms with Gasteiger partial charge in [-0.15, -0.1) is 0 Å². The number of nitrogens with zero attached hydrogens (tertiary/aromatic N) is 2. The zero-order chi connectivity index (χ0) is 17.8. The summed E-state index contributed by atoms with van der Waals surface area (Å²) in [6.07, 6.45) is 0. The first kappa shape index (κ1) is 17.1. The number of para-hydroxylation sites is 1. The standard InChI is InChI=1S/C20H24N2O3/c1-15-4-3-5-16(2)20(15)25-14-19(24)22-12-10-21(11-13-22)17-6-8-18(23)9-7-17/h3-9,23H,10-14H2,1-2H3. The van der Waals surface area contributed by atoms with E-state index < -0.39 is 0 Å². The molecule has 2 aromatic rings. The molecule has 0 spiro atoms. The Morgan fingerprint density at radius 3 is 2.20 bits per heavy atom. The molecule has 1 aliphatic heterocycles. The Morgan fingerprint density at radius 1 is 1.00 bits per heavy atom. The van der Waals surface area contributed by atoms with E-state index in [-0.39, 0.29) is 18.3 Å². The lowest BCUT2D eigenvalue weighted by Gasteiger charge is -2.36. The molecule has 0 bridgehead atoms. The van der Waals surface area contributed by atoms with Gasteiger partial charge in [0.1, 0.15) is 11.5 Å². The summed E-state index contributed by atoms with van der Waals surface area (Å²) >= 11 is 0. The van der Waals surface area contributed by atoms with Crippen LogP contribution in [-0.4, -0.2) is 48.7 Å². The number of hydrogen-bond donors (Lipinski definition) is 1. The van der Waals surface area contributed by atoms with Crippen molar-refractivity contribution >= 4 is 11.6 Å². The van der Waals surface area contributed by atoms with Gasteiger partial charge in [0.05, 0.1) is 0 Å². The minimum atomic E-state index is 0.0213. The fraction of sp³-hybridized carbons (Fsp3) is 0.350. The van der Waals surface area contributed by atoms with Crippen molar-refractivity contribution in [2.75, 3.05) is 37.7 Å². The van der Waals surface area contributed by atoms with Crippen LogP contribution in [0, 0.1) is 13.8 Å². The Balaban J connectivity index is 1.52. The zero-order valence-corrected chi connectivity index (χ0v) is 14.7. The van der Waals surface area contributed by atoms with Crippen molar-refractivity contribution in [3.63, 3.8) is 0 Å². The van der Waals surface area contributed by atoms with E-state index in [1.807, 2.05) is 49.1 Å². The monoisotopic (exact) mass is 340 g/mol. The maximum absolute atomic E-state index is 12.4. The average Bonchev–Trinajstić information content (AvgIpc) is 2.62. The van der Waals surface area contributed by atoms with Gasteiger partial charge in [-0.05, 0) is 49.2 Å². The van der Waals surface area contributed by atoms with E-state index in [2.05, 4.69) is 4.90 Å². The van der Waals surface area contributed by atoms with Crippen molar-refractivity contribution in [2.24, 2.45) is 0 Å². The molecule has 1 amide bonds. The van der Waals surface area contributed by atoms with E-state index >= 15 is 0 Å². The molecular weight excluding hydrogens is 316 g/mol. The predicted octanol–water partition coefficient (Wildman–Crippen LogP) is 2.74. The Hall–Kier alpha value is -2.69. The van der Waals surface area contributed by atoms with Gasteiger partial charge in [0.2, 0.25) is 0 Å². The van der Waals surface area contributed by atoms with Crippen LogP contribution in [0.15, 0.2) is 42.5 Å². The SMILES string of the molecule is Cc1cccc(C)c1OCC(=O)N1CCN(c2ccc(O)cc2)CC1. The molecule has 1 N–H and O–H groups in total. The topological polar surface area (TPSA) is 53.0 Å². The fourth-order valence-electron chi connectivity index (χ4n) is 3.13. The largest absolute Gasteiger partial charge is 0.508 e. The number of carbonyl (C=O) groups excluding carboxylic acids is 1. The summed E-state index contributed by atoms with van der Waals surface area (Å²) in [5, 5.41) is 9.38. The van der Waals surface area contributed by atoms with Gasteiger partial charge >= 0.3 is 0 Å². The van der Waals surface area contributed by atoms with Gasteiger partial charge in [0, 0.05) is 31.9 Å². The van der Waals surface area contributed by atoms with Crippen LogP contribution in [0.5, 0.6) is 11.5 Å². The number of carbonyl (C=O) groups is 1. The molecule has 1 fully saturated rings. The quantitative estimate of drug-likeness (QED) is 0.930. The van der Waals surface area contributed by atoms with Crippen molar-refractivity contribution in [1.82, 2.24) is 4.90 Å². The summed E-state index contributed by atoms with van der Waals surface area (Å²) in [6.45, 7) is 6.96. The second kappa shape index (κ2) is 7.47. The Morgan fingerprint density at radius 2 is 1.60 bits per heavy atom. The molecule has 3 rings (SSSR count). The van der Waals surface area contributed by atoms with Crippen LogP contribution in [0.3, 0.4) is 0 Å². The molecule has 0 aromatic heterocycles. The number of anilines is 1. The smallest absolute Gasteiger partial charge is 0.260 e. The van der Waals surface area contributed by atoms with Gasteiger partial charge in [0.15, 0.2) is 6.61 Å². The third-order valence-corrected chi connectivity index (χ3v) is 4.60. The maximum atomic E-state index is 12.4. The van der Waals surface area contributed by atoms with E-state index in [0.717, 1.165) is 35.7 Å². The van der Waals surface area contributed by atoms with Gasteiger partial charge in [0.25, 0.3) is 5.91 Å². The third kappa shape index (κ3) is 4.05. The normalized spacial score (nSPS) is 14.5. The van der Waals surface area contributed by atoms with Crippen LogP contribution < -0.4 is 9.64 Å². The van der Waals surface area contributed by atoms with Crippen LogP contribution in [0.25, 0.3) is 0 Å². The molecular formula is C20H24N2O3. The Bertz CT molecular complexity index is 715. The number of amides is 1. The number of benzene rings is 2. The molecule has 0 saturated carbocycles. The number of aryl methyl sites for hydroxylation is 2. The third-order valence-electron chi connectivity index (χ3n) is 4.60.